The Bertz CT molecular complexity index is 305. The van der Waals surface area contributed by atoms with Crippen molar-refractivity contribution < 1.29 is 19.8 Å². The molecule has 0 saturated carbocycles. The van der Waals surface area contributed by atoms with Crippen LogP contribution in [-0.4, -0.2) is 50.9 Å². The Morgan fingerprint density at radius 1 is 1.62 bits per heavy atom. The standard InChI is InChI=1S/C10H17NO4S/c1-6(4-16)8(12)11-5-10(2,15)3-7(11)9(13)14/h6-7,15-16H,3-5H2,1-2H3,(H,13,14)/t6?,7-,10?/m0/s1. The van der Waals surface area contributed by atoms with Crippen molar-refractivity contribution in [2.75, 3.05) is 12.3 Å². The Labute approximate surface area is 99.8 Å². The maximum atomic E-state index is 11.9. The predicted octanol–water partition coefficient (Wildman–Crippen LogP) is -0.0112. The van der Waals surface area contributed by atoms with Gasteiger partial charge in [-0.2, -0.15) is 12.6 Å². The highest BCUT2D eigenvalue weighted by molar-refractivity contribution is 7.80. The summed E-state index contributed by atoms with van der Waals surface area (Å²) in [6, 6.07) is -0.926. The quantitative estimate of drug-likeness (QED) is 0.613. The van der Waals surface area contributed by atoms with Crippen LogP contribution in [0, 0.1) is 5.92 Å². The SMILES string of the molecule is CC(CS)C(=O)N1CC(C)(O)C[C@H]1C(=O)O. The van der Waals surface area contributed by atoms with E-state index < -0.39 is 17.6 Å². The van der Waals surface area contributed by atoms with Crippen LogP contribution in [0.25, 0.3) is 0 Å². The molecule has 1 aliphatic rings. The molecule has 6 heteroatoms. The lowest BCUT2D eigenvalue weighted by atomic mass is 10.0. The number of aliphatic hydroxyl groups is 1. The number of β-amino-alcohol motifs (C(OH)–C–C–N with tert-alkyl or cyclic N) is 1. The highest BCUT2D eigenvalue weighted by Gasteiger charge is 2.45. The van der Waals surface area contributed by atoms with E-state index in [1.807, 2.05) is 0 Å². The maximum absolute atomic E-state index is 11.9. The molecule has 0 radical (unpaired) electrons. The Balaban J connectivity index is 2.85. The van der Waals surface area contributed by atoms with Gasteiger partial charge in [-0.05, 0) is 6.92 Å². The summed E-state index contributed by atoms with van der Waals surface area (Å²) in [5.74, 6) is -1.30. The zero-order chi connectivity index (χ0) is 12.5. The van der Waals surface area contributed by atoms with Crippen LogP contribution in [-0.2, 0) is 9.59 Å². The number of likely N-dealkylation sites (tertiary alicyclic amines) is 1. The largest absolute Gasteiger partial charge is 0.480 e. The number of carboxylic acids is 1. The summed E-state index contributed by atoms with van der Waals surface area (Å²) >= 11 is 4.01. The minimum Gasteiger partial charge on any atom is -0.480 e. The van der Waals surface area contributed by atoms with Crippen molar-refractivity contribution in [1.82, 2.24) is 4.90 Å². The van der Waals surface area contributed by atoms with Gasteiger partial charge in [0, 0.05) is 18.1 Å². The first-order valence-electron chi connectivity index (χ1n) is 5.15. The van der Waals surface area contributed by atoms with Gasteiger partial charge < -0.3 is 15.1 Å². The Morgan fingerprint density at radius 2 is 2.19 bits per heavy atom. The summed E-state index contributed by atoms with van der Waals surface area (Å²) in [6.45, 7) is 3.31. The van der Waals surface area contributed by atoms with Gasteiger partial charge in [0.05, 0.1) is 12.1 Å². The molecule has 1 heterocycles. The molecular weight excluding hydrogens is 230 g/mol. The Kier molecular flexibility index (Phi) is 3.85. The van der Waals surface area contributed by atoms with Crippen molar-refractivity contribution in [3.05, 3.63) is 0 Å². The normalized spacial score (nSPS) is 31.5. The number of hydrogen-bond acceptors (Lipinski definition) is 4. The highest BCUT2D eigenvalue weighted by atomic mass is 32.1. The van der Waals surface area contributed by atoms with Crippen LogP contribution in [0.5, 0.6) is 0 Å². The maximum Gasteiger partial charge on any atom is 0.326 e. The van der Waals surface area contributed by atoms with Crippen LogP contribution in [0.15, 0.2) is 0 Å². The summed E-state index contributed by atoms with van der Waals surface area (Å²) in [6.07, 6.45) is 0.0768. The fraction of sp³-hybridized carbons (Fsp3) is 0.800. The average Bonchev–Trinajstić information content (AvgIpc) is 2.52. The molecule has 16 heavy (non-hydrogen) atoms. The molecule has 92 valence electrons. The minimum absolute atomic E-state index is 0.0704. The minimum atomic E-state index is -1.12. The second-order valence-electron chi connectivity index (χ2n) is 4.60. The monoisotopic (exact) mass is 247 g/mol. The highest BCUT2D eigenvalue weighted by Crippen LogP contribution is 2.28. The van der Waals surface area contributed by atoms with Crippen LogP contribution < -0.4 is 0 Å². The number of carbonyl (C=O) groups excluding carboxylic acids is 1. The van der Waals surface area contributed by atoms with Gasteiger partial charge in [0.15, 0.2) is 0 Å². The van der Waals surface area contributed by atoms with E-state index in [1.165, 1.54) is 4.90 Å². The summed E-state index contributed by atoms with van der Waals surface area (Å²) in [5.41, 5.74) is -1.12. The van der Waals surface area contributed by atoms with E-state index in [0.717, 1.165) is 0 Å². The molecule has 0 aromatic heterocycles. The molecule has 1 amide bonds. The second kappa shape index (κ2) is 4.63. The third kappa shape index (κ3) is 2.68. The first-order valence-corrected chi connectivity index (χ1v) is 5.78. The molecule has 0 aliphatic carbocycles. The molecule has 0 spiro atoms. The summed E-state index contributed by atoms with van der Waals surface area (Å²) in [5, 5.41) is 18.8. The van der Waals surface area contributed by atoms with Crippen LogP contribution in [0.3, 0.4) is 0 Å². The van der Waals surface area contributed by atoms with Gasteiger partial charge in [0.25, 0.3) is 0 Å². The van der Waals surface area contributed by atoms with Crippen molar-refractivity contribution in [3.63, 3.8) is 0 Å². The molecular formula is C10H17NO4S. The number of aliphatic carboxylic acids is 1. The number of amides is 1. The molecule has 1 rings (SSSR count). The Hall–Kier alpha value is -0.750. The number of carbonyl (C=O) groups is 2. The lowest BCUT2D eigenvalue weighted by molar-refractivity contribution is -0.149. The van der Waals surface area contributed by atoms with E-state index in [1.54, 1.807) is 13.8 Å². The van der Waals surface area contributed by atoms with Crippen molar-refractivity contribution in [2.45, 2.75) is 31.9 Å². The third-order valence-corrected chi connectivity index (χ3v) is 3.33. The molecule has 5 nitrogen and oxygen atoms in total. The average molecular weight is 247 g/mol. The molecule has 0 aromatic carbocycles. The van der Waals surface area contributed by atoms with Gasteiger partial charge in [-0.15, -0.1) is 0 Å². The molecule has 3 atom stereocenters. The first-order chi connectivity index (χ1) is 7.28. The molecule has 2 unspecified atom stereocenters. The number of nitrogens with zero attached hydrogens (tertiary/aromatic N) is 1. The van der Waals surface area contributed by atoms with E-state index in [9.17, 15) is 14.7 Å². The van der Waals surface area contributed by atoms with Gasteiger partial charge in [-0.1, -0.05) is 6.92 Å². The summed E-state index contributed by atoms with van der Waals surface area (Å²) < 4.78 is 0. The van der Waals surface area contributed by atoms with E-state index in [4.69, 9.17) is 5.11 Å². The fourth-order valence-electron chi connectivity index (χ4n) is 1.88. The first kappa shape index (κ1) is 13.3. The van der Waals surface area contributed by atoms with Crippen LogP contribution >= 0.6 is 12.6 Å². The number of rotatable bonds is 3. The number of carboxylic acid groups (broad SMARTS) is 1. The van der Waals surface area contributed by atoms with Crippen molar-refractivity contribution in [1.29, 1.82) is 0 Å². The molecule has 1 aliphatic heterocycles. The van der Waals surface area contributed by atoms with E-state index in [2.05, 4.69) is 12.6 Å². The lowest BCUT2D eigenvalue weighted by Crippen LogP contribution is -2.44. The molecule has 2 N–H and O–H groups in total. The van der Waals surface area contributed by atoms with Crippen LogP contribution in [0.1, 0.15) is 20.3 Å². The smallest absolute Gasteiger partial charge is 0.326 e. The molecule has 0 bridgehead atoms. The number of thiol groups is 1. The Morgan fingerprint density at radius 3 is 2.62 bits per heavy atom. The van der Waals surface area contributed by atoms with Gasteiger partial charge >= 0.3 is 5.97 Å². The van der Waals surface area contributed by atoms with Gasteiger partial charge in [-0.3, -0.25) is 4.79 Å². The van der Waals surface area contributed by atoms with Gasteiger partial charge in [0.1, 0.15) is 6.04 Å². The van der Waals surface area contributed by atoms with E-state index in [-0.39, 0.29) is 24.8 Å². The topological polar surface area (TPSA) is 77.8 Å². The van der Waals surface area contributed by atoms with E-state index >= 15 is 0 Å². The van der Waals surface area contributed by atoms with Crippen molar-refractivity contribution >= 4 is 24.5 Å². The zero-order valence-corrected chi connectivity index (χ0v) is 10.3. The lowest BCUT2D eigenvalue weighted by Gasteiger charge is -2.24. The molecule has 1 saturated heterocycles. The third-order valence-electron chi connectivity index (χ3n) is 2.78. The van der Waals surface area contributed by atoms with Crippen LogP contribution in [0.4, 0.5) is 0 Å². The molecule has 1 fully saturated rings. The predicted molar refractivity (Wildman–Crippen MR) is 61.4 cm³/mol. The molecule has 0 aromatic rings. The van der Waals surface area contributed by atoms with Gasteiger partial charge in [-0.25, -0.2) is 4.79 Å². The van der Waals surface area contributed by atoms with Crippen molar-refractivity contribution in [3.8, 4) is 0 Å². The van der Waals surface area contributed by atoms with Gasteiger partial charge in [0.2, 0.25) is 5.91 Å². The van der Waals surface area contributed by atoms with Crippen LogP contribution in [0.2, 0.25) is 0 Å². The zero-order valence-electron chi connectivity index (χ0n) is 9.38. The van der Waals surface area contributed by atoms with Crippen molar-refractivity contribution in [2.24, 2.45) is 5.92 Å². The van der Waals surface area contributed by atoms with E-state index in [0.29, 0.717) is 5.75 Å². The fourth-order valence-corrected chi connectivity index (χ4v) is 2.04. The summed E-state index contributed by atoms with van der Waals surface area (Å²) in [7, 11) is 0. The second-order valence-corrected chi connectivity index (χ2v) is 4.97. The number of hydrogen-bond donors (Lipinski definition) is 3. The summed E-state index contributed by atoms with van der Waals surface area (Å²) in [4.78, 5) is 24.1.